The first-order chi connectivity index (χ1) is 13.6. The Kier molecular flexibility index (Phi) is 5.35. The summed E-state index contributed by atoms with van der Waals surface area (Å²) in [5, 5.41) is 2.94. The predicted octanol–water partition coefficient (Wildman–Crippen LogP) is 2.03. The number of rotatable bonds is 4. The molecular weight excluding hydrogens is 358 g/mol. The van der Waals surface area contributed by atoms with Crippen LogP contribution in [0.2, 0.25) is 0 Å². The Balaban J connectivity index is 1.50. The minimum Gasteiger partial charge on any atom is -0.378 e. The number of nitrogens with zero attached hydrogens (tertiary/aromatic N) is 2. The lowest BCUT2D eigenvalue weighted by Gasteiger charge is -2.31. The minimum absolute atomic E-state index is 0.182. The highest BCUT2D eigenvalue weighted by molar-refractivity contribution is 6.10. The molecule has 0 aromatic heterocycles. The van der Waals surface area contributed by atoms with Crippen molar-refractivity contribution in [2.24, 2.45) is 11.8 Å². The highest BCUT2D eigenvalue weighted by atomic mass is 16.5. The van der Waals surface area contributed by atoms with Crippen LogP contribution < -0.4 is 10.2 Å². The van der Waals surface area contributed by atoms with E-state index in [4.69, 9.17) is 4.74 Å². The summed E-state index contributed by atoms with van der Waals surface area (Å²) in [6.07, 6.45) is 3.45. The van der Waals surface area contributed by atoms with Crippen molar-refractivity contribution in [1.29, 1.82) is 0 Å². The number of hydrogen-bond donors (Lipinski definition) is 1. The normalized spacial score (nSPS) is 26.2. The lowest BCUT2D eigenvalue weighted by molar-refractivity contribution is -0.146. The van der Waals surface area contributed by atoms with Crippen LogP contribution in [-0.4, -0.2) is 55.0 Å². The summed E-state index contributed by atoms with van der Waals surface area (Å²) in [4.78, 5) is 41.8. The maximum atomic E-state index is 12.9. The fourth-order valence-corrected chi connectivity index (χ4v) is 4.58. The highest BCUT2D eigenvalue weighted by Crippen LogP contribution is 2.39. The number of anilines is 2. The molecule has 3 amide bonds. The fraction of sp³-hybridized carbons (Fsp3) is 0.571. The van der Waals surface area contributed by atoms with E-state index >= 15 is 0 Å². The van der Waals surface area contributed by atoms with Crippen LogP contribution in [-0.2, 0) is 19.1 Å². The summed E-state index contributed by atoms with van der Waals surface area (Å²) in [6.45, 7) is 4.46. The molecule has 1 N–H and O–H groups in total. The Bertz CT molecular complexity index is 751. The molecule has 7 nitrogen and oxygen atoms in total. The van der Waals surface area contributed by atoms with Crippen LogP contribution >= 0.6 is 0 Å². The molecule has 2 unspecified atom stereocenters. The van der Waals surface area contributed by atoms with Crippen LogP contribution in [0.25, 0.3) is 0 Å². The van der Waals surface area contributed by atoms with Crippen molar-refractivity contribution in [3.8, 4) is 0 Å². The number of benzene rings is 1. The largest absolute Gasteiger partial charge is 0.378 e. The van der Waals surface area contributed by atoms with Crippen LogP contribution in [0.5, 0.6) is 0 Å². The topological polar surface area (TPSA) is 79.0 Å². The number of hydrogen-bond acceptors (Lipinski definition) is 5. The van der Waals surface area contributed by atoms with Gasteiger partial charge in [-0.3, -0.25) is 19.3 Å². The van der Waals surface area contributed by atoms with Crippen LogP contribution in [0.4, 0.5) is 11.4 Å². The van der Waals surface area contributed by atoms with Crippen molar-refractivity contribution < 1.29 is 19.1 Å². The monoisotopic (exact) mass is 385 g/mol. The summed E-state index contributed by atoms with van der Waals surface area (Å²) >= 11 is 0. The van der Waals surface area contributed by atoms with E-state index in [-0.39, 0.29) is 29.6 Å². The number of nitrogens with one attached hydrogen (secondary N) is 1. The molecule has 1 aromatic rings. The molecule has 0 spiro atoms. The Hall–Kier alpha value is -2.41. The number of carbonyl (C=O) groups excluding carboxylic acids is 3. The predicted molar refractivity (Wildman–Crippen MR) is 105 cm³/mol. The molecule has 1 aromatic carbocycles. The van der Waals surface area contributed by atoms with Gasteiger partial charge in [-0.05, 0) is 31.9 Å². The van der Waals surface area contributed by atoms with Crippen molar-refractivity contribution >= 4 is 29.1 Å². The molecule has 0 bridgehead atoms. The van der Waals surface area contributed by atoms with Crippen molar-refractivity contribution in [1.82, 2.24) is 4.90 Å². The molecule has 3 atom stereocenters. The quantitative estimate of drug-likeness (QED) is 0.803. The van der Waals surface area contributed by atoms with E-state index in [1.54, 1.807) is 6.92 Å². The van der Waals surface area contributed by atoms with Crippen molar-refractivity contribution in [3.05, 3.63) is 24.3 Å². The molecule has 4 rings (SSSR count). The van der Waals surface area contributed by atoms with E-state index < -0.39 is 6.04 Å². The number of morpholine rings is 1. The van der Waals surface area contributed by atoms with Crippen LogP contribution in [0, 0.1) is 11.8 Å². The van der Waals surface area contributed by atoms with Gasteiger partial charge in [0.2, 0.25) is 17.7 Å². The van der Waals surface area contributed by atoms with E-state index in [1.165, 1.54) is 4.90 Å². The number of imide groups is 1. The van der Waals surface area contributed by atoms with Crippen LogP contribution in [0.1, 0.15) is 32.6 Å². The molecule has 7 heteroatoms. The van der Waals surface area contributed by atoms with Gasteiger partial charge in [-0.2, -0.15) is 0 Å². The first-order valence-electron chi connectivity index (χ1n) is 10.2. The number of ether oxygens (including phenoxy) is 1. The molecule has 2 heterocycles. The van der Waals surface area contributed by atoms with Gasteiger partial charge in [0.15, 0.2) is 0 Å². The lowest BCUT2D eigenvalue weighted by Crippen LogP contribution is -2.46. The molecule has 28 heavy (non-hydrogen) atoms. The zero-order valence-electron chi connectivity index (χ0n) is 16.2. The summed E-state index contributed by atoms with van der Waals surface area (Å²) in [5.41, 5.74) is 1.62. The van der Waals surface area contributed by atoms with E-state index in [2.05, 4.69) is 10.2 Å². The standard InChI is InChI=1S/C21H27N3O4/c1-14(24-20(26)15-6-2-3-7-16(15)21(24)27)19(25)22-17-8-4-5-9-18(17)23-10-12-28-13-11-23/h4-5,8-9,14-16H,2-3,6-7,10-13H2,1H3,(H,22,25)/t14-,15?,16?/m0/s1. The number of likely N-dealkylation sites (tertiary alicyclic amines) is 1. The molecule has 0 radical (unpaired) electrons. The molecule has 2 saturated heterocycles. The third kappa shape index (κ3) is 3.39. The first kappa shape index (κ1) is 18.9. The summed E-state index contributed by atoms with van der Waals surface area (Å²) in [5.74, 6) is -1.17. The van der Waals surface area contributed by atoms with Crippen LogP contribution in [0.15, 0.2) is 24.3 Å². The fourth-order valence-electron chi connectivity index (χ4n) is 4.58. The number of fused-ring (bicyclic) bond motifs is 1. The van der Waals surface area contributed by atoms with Gasteiger partial charge in [-0.15, -0.1) is 0 Å². The van der Waals surface area contributed by atoms with Gasteiger partial charge in [0, 0.05) is 13.1 Å². The average Bonchev–Trinajstić information content (AvgIpc) is 2.99. The Morgan fingerprint density at radius 1 is 1.07 bits per heavy atom. The molecule has 2 aliphatic heterocycles. The van der Waals surface area contributed by atoms with E-state index in [9.17, 15) is 14.4 Å². The van der Waals surface area contributed by atoms with E-state index in [0.717, 1.165) is 44.5 Å². The third-order valence-electron chi connectivity index (χ3n) is 6.16. The summed E-state index contributed by atoms with van der Waals surface area (Å²) in [6, 6.07) is 6.80. The number of carbonyl (C=O) groups is 3. The lowest BCUT2D eigenvalue weighted by atomic mass is 9.81. The molecule has 3 fully saturated rings. The molecular formula is C21H27N3O4. The van der Waals surface area contributed by atoms with Crippen molar-refractivity contribution in [2.75, 3.05) is 36.5 Å². The highest BCUT2D eigenvalue weighted by Gasteiger charge is 2.50. The van der Waals surface area contributed by atoms with Crippen molar-refractivity contribution in [2.45, 2.75) is 38.6 Å². The van der Waals surface area contributed by atoms with Gasteiger partial charge in [0.05, 0.1) is 36.4 Å². The Labute approximate surface area is 165 Å². The number of para-hydroxylation sites is 2. The smallest absolute Gasteiger partial charge is 0.247 e. The Morgan fingerprint density at radius 2 is 1.68 bits per heavy atom. The van der Waals surface area contributed by atoms with Gasteiger partial charge in [0.25, 0.3) is 0 Å². The second-order valence-corrected chi connectivity index (χ2v) is 7.83. The maximum Gasteiger partial charge on any atom is 0.247 e. The average molecular weight is 385 g/mol. The molecule has 1 aliphatic carbocycles. The van der Waals surface area contributed by atoms with E-state index in [1.807, 2.05) is 24.3 Å². The van der Waals surface area contributed by atoms with Gasteiger partial charge in [-0.1, -0.05) is 25.0 Å². The SMILES string of the molecule is C[C@@H](C(=O)Nc1ccccc1N1CCOCC1)N1C(=O)C2CCCCC2C1=O. The number of amides is 3. The zero-order valence-corrected chi connectivity index (χ0v) is 16.2. The van der Waals surface area contributed by atoms with Gasteiger partial charge < -0.3 is 15.0 Å². The zero-order chi connectivity index (χ0) is 19.7. The summed E-state index contributed by atoms with van der Waals surface area (Å²) < 4.78 is 5.41. The van der Waals surface area contributed by atoms with Gasteiger partial charge in [-0.25, -0.2) is 0 Å². The Morgan fingerprint density at radius 3 is 2.32 bits per heavy atom. The molecule has 3 aliphatic rings. The molecule has 1 saturated carbocycles. The van der Waals surface area contributed by atoms with E-state index in [0.29, 0.717) is 18.9 Å². The summed E-state index contributed by atoms with van der Waals surface area (Å²) in [7, 11) is 0. The van der Waals surface area contributed by atoms with Gasteiger partial charge >= 0.3 is 0 Å². The second kappa shape index (κ2) is 7.91. The molecule has 150 valence electrons. The van der Waals surface area contributed by atoms with Gasteiger partial charge in [0.1, 0.15) is 6.04 Å². The minimum atomic E-state index is -0.816. The second-order valence-electron chi connectivity index (χ2n) is 7.83. The third-order valence-corrected chi connectivity index (χ3v) is 6.16. The maximum absolute atomic E-state index is 12.9. The van der Waals surface area contributed by atoms with Crippen molar-refractivity contribution in [3.63, 3.8) is 0 Å². The first-order valence-corrected chi connectivity index (χ1v) is 10.2. The van der Waals surface area contributed by atoms with Crippen LogP contribution in [0.3, 0.4) is 0 Å².